The zero-order chi connectivity index (χ0) is 22.1. The van der Waals surface area contributed by atoms with Crippen molar-refractivity contribution >= 4 is 23.1 Å². The van der Waals surface area contributed by atoms with Crippen LogP contribution in [0.5, 0.6) is 0 Å². The van der Waals surface area contributed by atoms with E-state index in [9.17, 15) is 19.7 Å². The second-order valence-electron chi connectivity index (χ2n) is 5.60. The average Bonchev–Trinajstić information content (AvgIpc) is 2.77. The number of carbonyl (C=O) groups excluding carboxylic acids is 2. The number of nitrogens with one attached hydrogen (secondary N) is 1. The molecule has 10 nitrogen and oxygen atoms in total. The van der Waals surface area contributed by atoms with Crippen LogP contribution in [0.25, 0.3) is 0 Å². The fourth-order valence-electron chi connectivity index (χ4n) is 2.24. The van der Waals surface area contributed by atoms with Crippen LogP contribution in [0.4, 0.5) is 11.4 Å². The lowest BCUT2D eigenvalue weighted by atomic mass is 10.1. The molecule has 0 saturated carbocycles. The molecule has 0 atom stereocenters. The number of nitrogens with zero attached hydrogens (tertiary/aromatic N) is 4. The molecule has 2 aromatic rings. The zero-order valence-corrected chi connectivity index (χ0v) is 15.2. The lowest BCUT2D eigenvalue weighted by Gasteiger charge is -2.08. The van der Waals surface area contributed by atoms with Gasteiger partial charge >= 0.3 is 5.97 Å². The summed E-state index contributed by atoms with van der Waals surface area (Å²) in [5, 5.41) is 40.1. The summed E-state index contributed by atoms with van der Waals surface area (Å²) in [5.41, 5.74) is -0.661. The van der Waals surface area contributed by atoms with E-state index >= 15 is 0 Å². The van der Waals surface area contributed by atoms with Gasteiger partial charge in [-0.05, 0) is 18.2 Å². The number of hydrogen-bond acceptors (Lipinski definition) is 9. The van der Waals surface area contributed by atoms with E-state index in [0.29, 0.717) is 0 Å². The second kappa shape index (κ2) is 9.79. The lowest BCUT2D eigenvalue weighted by molar-refractivity contribution is -0.384. The molecule has 0 aliphatic rings. The smallest absolute Gasteiger partial charge is 0.338 e. The maximum absolute atomic E-state index is 12.2. The van der Waals surface area contributed by atoms with Crippen molar-refractivity contribution in [1.82, 2.24) is 0 Å². The number of ether oxygens (including phenoxy) is 1. The van der Waals surface area contributed by atoms with Gasteiger partial charge in [-0.15, -0.1) is 0 Å². The van der Waals surface area contributed by atoms with Gasteiger partial charge in [0.15, 0.2) is 12.2 Å². The summed E-state index contributed by atoms with van der Waals surface area (Å²) in [6.07, 6.45) is 0. The molecule has 0 aliphatic carbocycles. The third kappa shape index (κ3) is 5.26. The number of allylic oxidation sites excluding steroid dienone is 2. The van der Waals surface area contributed by atoms with Gasteiger partial charge in [-0.25, -0.2) is 4.79 Å². The first-order chi connectivity index (χ1) is 14.4. The van der Waals surface area contributed by atoms with Crippen LogP contribution in [0.2, 0.25) is 0 Å². The highest BCUT2D eigenvalue weighted by Crippen LogP contribution is 2.16. The van der Waals surface area contributed by atoms with E-state index in [-0.39, 0.29) is 28.2 Å². The minimum Gasteiger partial charge on any atom is -0.454 e. The molecular weight excluding hydrogens is 390 g/mol. The molecule has 1 N–H and O–H groups in total. The molecule has 0 unspecified atom stereocenters. The quantitative estimate of drug-likeness (QED) is 0.241. The predicted molar refractivity (Wildman–Crippen MR) is 102 cm³/mol. The van der Waals surface area contributed by atoms with Crippen molar-refractivity contribution in [3.05, 3.63) is 81.0 Å². The van der Waals surface area contributed by atoms with Crippen LogP contribution in [0.1, 0.15) is 20.7 Å². The van der Waals surface area contributed by atoms with Crippen LogP contribution in [-0.4, -0.2) is 23.3 Å². The summed E-state index contributed by atoms with van der Waals surface area (Å²) in [6.45, 7) is -0.631. The number of rotatable bonds is 7. The topological polar surface area (TPSA) is 170 Å². The van der Waals surface area contributed by atoms with Gasteiger partial charge in [0.1, 0.15) is 23.9 Å². The van der Waals surface area contributed by atoms with Crippen LogP contribution >= 0.6 is 0 Å². The number of nitro benzene ring substituents is 1. The first-order valence-corrected chi connectivity index (χ1v) is 8.16. The minimum absolute atomic E-state index is 0.0248. The molecule has 0 radical (unpaired) electrons. The average molecular weight is 401 g/mol. The summed E-state index contributed by atoms with van der Waals surface area (Å²) in [6, 6.07) is 15.5. The monoisotopic (exact) mass is 401 g/mol. The van der Waals surface area contributed by atoms with Crippen LogP contribution in [0, 0.1) is 44.1 Å². The molecule has 0 saturated heterocycles. The highest BCUT2D eigenvalue weighted by molar-refractivity contribution is 6.00. The molecule has 10 heteroatoms. The summed E-state index contributed by atoms with van der Waals surface area (Å²) < 4.78 is 4.95. The number of esters is 1. The fourth-order valence-corrected chi connectivity index (χ4v) is 2.24. The number of ketones is 1. The number of nitro groups is 1. The summed E-state index contributed by atoms with van der Waals surface area (Å²) in [7, 11) is 0. The third-order valence-electron chi connectivity index (χ3n) is 3.67. The Morgan fingerprint density at radius 3 is 2.30 bits per heavy atom. The van der Waals surface area contributed by atoms with Crippen molar-refractivity contribution in [2.24, 2.45) is 0 Å². The molecule has 0 fully saturated rings. The minimum atomic E-state index is -0.847. The highest BCUT2D eigenvalue weighted by atomic mass is 16.6. The normalized spacial score (nSPS) is 9.23. The van der Waals surface area contributed by atoms with Gasteiger partial charge in [0, 0.05) is 23.4 Å². The summed E-state index contributed by atoms with van der Waals surface area (Å²) >= 11 is 0. The molecule has 30 heavy (non-hydrogen) atoms. The fraction of sp³-hybridized carbons (Fsp3) is 0.0500. The van der Waals surface area contributed by atoms with Crippen molar-refractivity contribution in [3.63, 3.8) is 0 Å². The van der Waals surface area contributed by atoms with E-state index in [2.05, 4.69) is 5.32 Å². The predicted octanol–water partition coefficient (Wildman–Crippen LogP) is 2.87. The first kappa shape index (κ1) is 21.3. The van der Waals surface area contributed by atoms with E-state index in [0.717, 1.165) is 6.07 Å². The number of Topliss-reactive ketones (excluding diaryl/α,β-unsaturated/α-hetero) is 1. The Morgan fingerprint density at radius 1 is 1.00 bits per heavy atom. The highest BCUT2D eigenvalue weighted by Gasteiger charge is 2.15. The van der Waals surface area contributed by atoms with Crippen molar-refractivity contribution in [3.8, 4) is 18.2 Å². The standard InChI is InChI=1S/C20H11N5O5/c21-9-15(10-22)18(11-23)24-16-5-1-4-14(7-16)20(27)30-12-19(26)13-3-2-6-17(8-13)25(28)29/h1-8,24H,12H2. The number of nitriles is 3. The maximum Gasteiger partial charge on any atom is 0.338 e. The van der Waals surface area contributed by atoms with Crippen LogP contribution < -0.4 is 5.32 Å². The van der Waals surface area contributed by atoms with E-state index in [1.54, 1.807) is 18.2 Å². The molecule has 0 spiro atoms. The Morgan fingerprint density at radius 2 is 1.67 bits per heavy atom. The second-order valence-corrected chi connectivity index (χ2v) is 5.60. The van der Waals surface area contributed by atoms with Crippen molar-refractivity contribution < 1.29 is 19.2 Å². The summed E-state index contributed by atoms with van der Waals surface area (Å²) in [4.78, 5) is 34.5. The number of non-ortho nitro benzene ring substituents is 1. The van der Waals surface area contributed by atoms with Gasteiger partial charge < -0.3 is 10.1 Å². The summed E-state index contributed by atoms with van der Waals surface area (Å²) in [5.74, 6) is -1.47. The number of carbonyl (C=O) groups is 2. The Kier molecular flexibility index (Phi) is 6.95. The molecule has 2 rings (SSSR count). The maximum atomic E-state index is 12.2. The van der Waals surface area contributed by atoms with Crippen molar-refractivity contribution in [2.75, 3.05) is 11.9 Å². The van der Waals surface area contributed by atoms with Crippen molar-refractivity contribution in [2.45, 2.75) is 0 Å². The Labute approximate surface area is 170 Å². The number of hydrogen-bond donors (Lipinski definition) is 1. The first-order valence-electron chi connectivity index (χ1n) is 8.16. The van der Waals surface area contributed by atoms with Crippen LogP contribution in [0.15, 0.2) is 59.8 Å². The number of anilines is 1. The van der Waals surface area contributed by atoms with Gasteiger partial charge in [0.25, 0.3) is 5.69 Å². The molecule has 0 aliphatic heterocycles. The zero-order valence-electron chi connectivity index (χ0n) is 15.2. The molecule has 146 valence electrons. The van der Waals surface area contributed by atoms with Gasteiger partial charge in [-0.3, -0.25) is 14.9 Å². The molecule has 2 aromatic carbocycles. The van der Waals surface area contributed by atoms with Crippen LogP contribution in [-0.2, 0) is 4.74 Å². The Hall–Kier alpha value is -5.01. The molecule has 0 bridgehead atoms. The van der Waals surface area contributed by atoms with E-state index in [1.807, 2.05) is 0 Å². The van der Waals surface area contributed by atoms with E-state index in [1.165, 1.54) is 42.5 Å². The van der Waals surface area contributed by atoms with Crippen LogP contribution in [0.3, 0.4) is 0 Å². The Balaban J connectivity index is 2.10. The van der Waals surface area contributed by atoms with Crippen molar-refractivity contribution in [1.29, 1.82) is 15.8 Å². The Bertz CT molecular complexity index is 1170. The SMILES string of the molecule is N#CC(C#N)=C(C#N)Nc1cccc(C(=O)OCC(=O)c2cccc([N+](=O)[O-])c2)c1. The van der Waals surface area contributed by atoms with E-state index < -0.39 is 28.9 Å². The van der Waals surface area contributed by atoms with Gasteiger partial charge in [-0.1, -0.05) is 18.2 Å². The number of benzene rings is 2. The molecular formula is C20H11N5O5. The largest absolute Gasteiger partial charge is 0.454 e. The third-order valence-corrected chi connectivity index (χ3v) is 3.67. The molecule has 0 heterocycles. The lowest BCUT2D eigenvalue weighted by Crippen LogP contribution is -2.14. The van der Waals surface area contributed by atoms with E-state index in [4.69, 9.17) is 20.5 Å². The molecule has 0 aromatic heterocycles. The van der Waals surface area contributed by atoms with Gasteiger partial charge in [0.2, 0.25) is 5.78 Å². The van der Waals surface area contributed by atoms with Gasteiger partial charge in [-0.2, -0.15) is 15.8 Å². The molecule has 0 amide bonds. The van der Waals surface area contributed by atoms with Gasteiger partial charge in [0.05, 0.1) is 10.5 Å².